The molecule has 0 N–H and O–H groups in total. The Morgan fingerprint density at radius 2 is 1.50 bits per heavy atom. The highest BCUT2D eigenvalue weighted by atomic mass is 16.5. The molecule has 0 saturated carbocycles. The van der Waals surface area contributed by atoms with E-state index in [1.54, 1.807) is 6.07 Å². The number of aromatic nitrogens is 1. The van der Waals surface area contributed by atoms with Crippen molar-refractivity contribution in [1.29, 1.82) is 5.26 Å². The van der Waals surface area contributed by atoms with Crippen LogP contribution in [-0.2, 0) is 4.74 Å². The predicted molar refractivity (Wildman–Crippen MR) is 109 cm³/mol. The van der Waals surface area contributed by atoms with Crippen LogP contribution in [0.15, 0.2) is 84.9 Å². The number of hydrogen-bond acceptors (Lipinski definition) is 4. The Balaban J connectivity index is 1.76. The number of hydrogen-bond donors (Lipinski definition) is 0. The second-order valence-corrected chi connectivity index (χ2v) is 6.25. The molecule has 0 aliphatic heterocycles. The van der Waals surface area contributed by atoms with Crippen LogP contribution in [0.3, 0.4) is 0 Å². The third-order valence-corrected chi connectivity index (χ3v) is 4.49. The Bertz CT molecular complexity index is 1180. The summed E-state index contributed by atoms with van der Waals surface area (Å²) in [6.45, 7) is -0.281. The smallest absolute Gasteiger partial charge is 0.339 e. The molecule has 0 saturated heterocycles. The van der Waals surface area contributed by atoms with Crippen LogP contribution >= 0.6 is 0 Å². The number of fused-ring (bicyclic) bond motifs is 1. The maximum atomic E-state index is 12.4. The van der Waals surface area contributed by atoms with Gasteiger partial charge in [-0.1, -0.05) is 72.8 Å². The van der Waals surface area contributed by atoms with Crippen LogP contribution in [0.5, 0.6) is 0 Å². The lowest BCUT2D eigenvalue weighted by Crippen LogP contribution is -2.07. The van der Waals surface area contributed by atoms with Gasteiger partial charge in [0.05, 0.1) is 16.8 Å². The van der Waals surface area contributed by atoms with Crippen molar-refractivity contribution in [2.75, 3.05) is 6.61 Å². The van der Waals surface area contributed by atoms with Crippen molar-refractivity contribution in [3.63, 3.8) is 0 Å². The SMILES string of the molecule is N#CCOC(=O)c1cc(-c2ccc(-c3ccccc3)cc2)nc2ccccc12. The van der Waals surface area contributed by atoms with E-state index in [1.807, 2.05) is 72.8 Å². The first-order chi connectivity index (χ1) is 13.8. The molecular weight excluding hydrogens is 348 g/mol. The third-order valence-electron chi connectivity index (χ3n) is 4.49. The standard InChI is InChI=1S/C24H16N2O2/c25-14-15-28-24(27)21-16-23(26-22-9-5-4-8-20(21)22)19-12-10-18(11-13-19)17-6-2-1-3-7-17/h1-13,16H,15H2. The molecule has 0 spiro atoms. The third kappa shape index (κ3) is 3.46. The number of esters is 1. The fourth-order valence-corrected chi connectivity index (χ4v) is 3.13. The van der Waals surface area contributed by atoms with E-state index >= 15 is 0 Å². The zero-order chi connectivity index (χ0) is 19.3. The molecule has 4 rings (SSSR count). The topological polar surface area (TPSA) is 63.0 Å². The van der Waals surface area contributed by atoms with Crippen molar-refractivity contribution in [2.24, 2.45) is 0 Å². The monoisotopic (exact) mass is 364 g/mol. The fraction of sp³-hybridized carbons (Fsp3) is 0.0417. The number of carbonyl (C=O) groups is 1. The zero-order valence-electron chi connectivity index (χ0n) is 15.0. The molecule has 0 fully saturated rings. The van der Waals surface area contributed by atoms with Gasteiger partial charge in [0.25, 0.3) is 0 Å². The lowest BCUT2D eigenvalue weighted by molar-refractivity contribution is 0.0557. The fourth-order valence-electron chi connectivity index (χ4n) is 3.13. The lowest BCUT2D eigenvalue weighted by Gasteiger charge is -2.10. The summed E-state index contributed by atoms with van der Waals surface area (Å²) in [6.07, 6.45) is 0. The summed E-state index contributed by atoms with van der Waals surface area (Å²) in [5, 5.41) is 9.39. The van der Waals surface area contributed by atoms with Gasteiger partial charge in [0.15, 0.2) is 6.61 Å². The van der Waals surface area contributed by atoms with Gasteiger partial charge < -0.3 is 4.74 Å². The largest absolute Gasteiger partial charge is 0.447 e. The summed E-state index contributed by atoms with van der Waals surface area (Å²) >= 11 is 0. The molecule has 4 aromatic rings. The van der Waals surface area contributed by atoms with Crippen LogP contribution < -0.4 is 0 Å². The highest BCUT2D eigenvalue weighted by Crippen LogP contribution is 2.27. The number of carbonyl (C=O) groups excluding carboxylic acids is 1. The van der Waals surface area contributed by atoms with E-state index in [9.17, 15) is 4.79 Å². The van der Waals surface area contributed by atoms with Crippen LogP contribution in [0.2, 0.25) is 0 Å². The molecule has 4 nitrogen and oxygen atoms in total. The Kier molecular flexibility index (Phi) is 4.81. The molecule has 0 aliphatic carbocycles. The van der Waals surface area contributed by atoms with Gasteiger partial charge in [-0.25, -0.2) is 9.78 Å². The first kappa shape index (κ1) is 17.4. The van der Waals surface area contributed by atoms with E-state index < -0.39 is 5.97 Å². The number of nitrogens with zero attached hydrogens (tertiary/aromatic N) is 2. The number of ether oxygens (including phenoxy) is 1. The highest BCUT2D eigenvalue weighted by molar-refractivity contribution is 6.04. The van der Waals surface area contributed by atoms with E-state index in [0.717, 1.165) is 16.7 Å². The van der Waals surface area contributed by atoms with Gasteiger partial charge in [0.2, 0.25) is 0 Å². The molecule has 0 aliphatic rings. The molecule has 0 bridgehead atoms. The molecule has 0 radical (unpaired) electrons. The number of benzene rings is 3. The molecule has 4 heteroatoms. The van der Waals surface area contributed by atoms with E-state index in [2.05, 4.69) is 12.1 Å². The minimum Gasteiger partial charge on any atom is -0.447 e. The highest BCUT2D eigenvalue weighted by Gasteiger charge is 2.15. The molecule has 0 unspecified atom stereocenters. The summed E-state index contributed by atoms with van der Waals surface area (Å²) in [5.41, 5.74) is 4.95. The summed E-state index contributed by atoms with van der Waals surface area (Å²) < 4.78 is 5.03. The molecule has 134 valence electrons. The van der Waals surface area contributed by atoms with E-state index in [4.69, 9.17) is 15.0 Å². The Morgan fingerprint density at radius 3 is 2.25 bits per heavy atom. The van der Waals surface area contributed by atoms with Gasteiger partial charge in [-0.3, -0.25) is 0 Å². The number of rotatable bonds is 4. The average molecular weight is 364 g/mol. The van der Waals surface area contributed by atoms with Crippen molar-refractivity contribution in [1.82, 2.24) is 4.98 Å². The minimum atomic E-state index is -0.526. The van der Waals surface area contributed by atoms with Crippen molar-refractivity contribution in [3.8, 4) is 28.5 Å². The van der Waals surface area contributed by atoms with Crippen molar-refractivity contribution in [2.45, 2.75) is 0 Å². The zero-order valence-corrected chi connectivity index (χ0v) is 15.0. The van der Waals surface area contributed by atoms with E-state index in [0.29, 0.717) is 22.2 Å². The predicted octanol–water partition coefficient (Wildman–Crippen LogP) is 5.25. The molecule has 1 aromatic heterocycles. The van der Waals surface area contributed by atoms with E-state index in [1.165, 1.54) is 0 Å². The summed E-state index contributed by atoms with van der Waals surface area (Å²) in [6, 6.07) is 29.1. The van der Waals surface area contributed by atoms with Gasteiger partial charge in [-0.2, -0.15) is 5.26 Å². The van der Waals surface area contributed by atoms with Crippen molar-refractivity contribution < 1.29 is 9.53 Å². The van der Waals surface area contributed by atoms with Gasteiger partial charge >= 0.3 is 5.97 Å². The summed E-state index contributed by atoms with van der Waals surface area (Å²) in [7, 11) is 0. The van der Waals surface area contributed by atoms with Crippen LogP contribution in [0.1, 0.15) is 10.4 Å². The molecule has 28 heavy (non-hydrogen) atoms. The second kappa shape index (κ2) is 7.73. The van der Waals surface area contributed by atoms with Crippen LogP contribution in [0, 0.1) is 11.3 Å². The number of pyridine rings is 1. The first-order valence-electron chi connectivity index (χ1n) is 8.86. The molecule has 0 atom stereocenters. The maximum absolute atomic E-state index is 12.4. The van der Waals surface area contributed by atoms with Gasteiger partial charge in [0.1, 0.15) is 6.07 Å². The Morgan fingerprint density at radius 1 is 0.857 bits per heavy atom. The normalized spacial score (nSPS) is 10.4. The molecule has 0 amide bonds. The Hall–Kier alpha value is -3.97. The van der Waals surface area contributed by atoms with Gasteiger partial charge in [0, 0.05) is 10.9 Å². The van der Waals surface area contributed by atoms with Crippen molar-refractivity contribution in [3.05, 3.63) is 90.5 Å². The number of para-hydroxylation sites is 1. The minimum absolute atomic E-state index is 0.281. The van der Waals surface area contributed by atoms with Crippen molar-refractivity contribution >= 4 is 16.9 Å². The maximum Gasteiger partial charge on any atom is 0.339 e. The first-order valence-corrected chi connectivity index (χ1v) is 8.86. The average Bonchev–Trinajstić information content (AvgIpc) is 2.77. The summed E-state index contributed by atoms with van der Waals surface area (Å²) in [5.74, 6) is -0.526. The van der Waals surface area contributed by atoms with Crippen LogP contribution in [0.25, 0.3) is 33.3 Å². The summed E-state index contributed by atoms with van der Waals surface area (Å²) in [4.78, 5) is 17.1. The van der Waals surface area contributed by atoms with Crippen LogP contribution in [0.4, 0.5) is 0 Å². The molecule has 1 heterocycles. The molecular formula is C24H16N2O2. The molecule has 3 aromatic carbocycles. The quantitative estimate of drug-likeness (QED) is 0.464. The van der Waals surface area contributed by atoms with Gasteiger partial charge in [-0.15, -0.1) is 0 Å². The van der Waals surface area contributed by atoms with Crippen LogP contribution in [-0.4, -0.2) is 17.6 Å². The second-order valence-electron chi connectivity index (χ2n) is 6.25. The van der Waals surface area contributed by atoms with Gasteiger partial charge in [-0.05, 0) is 23.3 Å². The lowest BCUT2D eigenvalue weighted by atomic mass is 10.0. The Labute approximate surface area is 162 Å². The number of nitriles is 1. The van der Waals surface area contributed by atoms with E-state index in [-0.39, 0.29) is 6.61 Å².